The van der Waals surface area contributed by atoms with Crippen molar-refractivity contribution in [3.05, 3.63) is 18.7 Å². The van der Waals surface area contributed by atoms with Crippen LogP contribution in [0.2, 0.25) is 0 Å². The first-order chi connectivity index (χ1) is 7.39. The Morgan fingerprint density at radius 1 is 1.62 bits per heavy atom. The number of carbonyl (C=O) groups is 1. The second kappa shape index (κ2) is 5.08. The lowest BCUT2D eigenvalue weighted by Gasteiger charge is -2.12. The van der Waals surface area contributed by atoms with E-state index in [1.165, 1.54) is 0 Å². The van der Waals surface area contributed by atoms with Gasteiger partial charge in [0.05, 0.1) is 13.5 Å². The van der Waals surface area contributed by atoms with Gasteiger partial charge in [-0.25, -0.2) is 13.0 Å². The van der Waals surface area contributed by atoms with Crippen molar-refractivity contribution in [3.8, 4) is 0 Å². The van der Waals surface area contributed by atoms with Crippen LogP contribution in [0.4, 0.5) is 0 Å². The van der Waals surface area contributed by atoms with E-state index >= 15 is 0 Å². The fraction of sp³-hybridized carbons (Fsp3) is 0.500. The van der Waals surface area contributed by atoms with Crippen molar-refractivity contribution in [1.82, 2.24) is 4.98 Å². The number of hydrogen-bond acceptors (Lipinski definition) is 5. The Balaban J connectivity index is 0.000000181. The molecule has 90 valence electrons. The Kier molecular flexibility index (Phi) is 4.02. The van der Waals surface area contributed by atoms with Gasteiger partial charge in [0.2, 0.25) is 6.33 Å². The number of aromatic amines is 1. The van der Waals surface area contributed by atoms with E-state index in [-0.39, 0.29) is 12.8 Å². The summed E-state index contributed by atoms with van der Waals surface area (Å²) in [5.41, 5.74) is -1.44. The Hall–Kier alpha value is -1.41. The van der Waals surface area contributed by atoms with Crippen LogP contribution in [-0.4, -0.2) is 29.4 Å². The first kappa shape index (κ1) is 12.7. The second-order valence-corrected chi connectivity index (χ2v) is 4.74. The summed E-state index contributed by atoms with van der Waals surface area (Å²) in [7, 11) is -2.46. The maximum Gasteiger partial charge on any atom is 0.307 e. The number of H-pyrrole nitrogens is 1. The molecule has 1 aliphatic heterocycles. The van der Waals surface area contributed by atoms with Crippen molar-refractivity contribution in [2.75, 3.05) is 0 Å². The highest BCUT2D eigenvalue weighted by atomic mass is 32.2. The first-order valence-electron chi connectivity index (χ1n) is 4.52. The van der Waals surface area contributed by atoms with Crippen molar-refractivity contribution in [3.63, 3.8) is 0 Å². The minimum atomic E-state index is -4.43. The maximum atomic E-state index is 10.3. The van der Waals surface area contributed by atoms with Crippen molar-refractivity contribution in [2.24, 2.45) is 7.05 Å². The summed E-state index contributed by atoms with van der Waals surface area (Å²) in [4.78, 5) is 13.2. The first-order valence-corrected chi connectivity index (χ1v) is 5.99. The number of aryl methyl sites for hydroxylation is 1. The molecule has 0 aromatic carbocycles. The quantitative estimate of drug-likeness (QED) is 0.391. The Labute approximate surface area is 92.8 Å². The molecule has 1 aromatic rings. The van der Waals surface area contributed by atoms with E-state index in [1.54, 1.807) is 0 Å². The monoisotopic (exact) mass is 248 g/mol. The molecule has 1 unspecified atom stereocenters. The summed E-state index contributed by atoms with van der Waals surface area (Å²) in [6.45, 7) is 0. The number of nitrogens with one attached hydrogen (secondary N) is 1. The highest BCUT2D eigenvalue weighted by Gasteiger charge is 2.28. The standard InChI is InChI=1S/C4H6N2.C4H6O5S/c1-6-3-2-5-4-6;5-3-1-2-4(9-3)10(6,7)8/h2-4H,1H3;4H,1-2H2,(H,6,7,8). The highest BCUT2D eigenvalue weighted by molar-refractivity contribution is 7.86. The lowest BCUT2D eigenvalue weighted by Crippen LogP contribution is -2.22. The van der Waals surface area contributed by atoms with Gasteiger partial charge in [-0.15, -0.1) is 0 Å². The number of aromatic nitrogens is 2. The van der Waals surface area contributed by atoms with Crippen LogP contribution in [0.5, 0.6) is 0 Å². The summed E-state index contributed by atoms with van der Waals surface area (Å²) in [6, 6.07) is 0. The number of carbonyl (C=O) groups excluding carboxylic acids is 1. The molecule has 1 saturated heterocycles. The van der Waals surface area contributed by atoms with Gasteiger partial charge >= 0.3 is 5.97 Å². The summed E-state index contributed by atoms with van der Waals surface area (Å²) in [6.07, 6.45) is 5.71. The van der Waals surface area contributed by atoms with Crippen molar-refractivity contribution in [1.29, 1.82) is 0 Å². The summed E-state index contributed by atoms with van der Waals surface area (Å²) < 4.78 is 36.6. The number of rotatable bonds is 1. The lowest BCUT2D eigenvalue weighted by molar-refractivity contribution is -0.670. The molecule has 1 aliphatic rings. The second-order valence-electron chi connectivity index (χ2n) is 3.23. The zero-order valence-electron chi connectivity index (χ0n) is 8.62. The fourth-order valence-corrected chi connectivity index (χ4v) is 1.70. The van der Waals surface area contributed by atoms with Crippen molar-refractivity contribution < 1.29 is 27.1 Å². The van der Waals surface area contributed by atoms with Crippen LogP contribution >= 0.6 is 0 Å². The van der Waals surface area contributed by atoms with Crippen LogP contribution in [0.15, 0.2) is 18.7 Å². The molecule has 0 aliphatic carbocycles. The van der Waals surface area contributed by atoms with Crippen LogP contribution in [0.3, 0.4) is 0 Å². The third-order valence-corrected chi connectivity index (χ3v) is 2.83. The van der Waals surface area contributed by atoms with Crippen LogP contribution in [0, 0.1) is 0 Å². The third kappa shape index (κ3) is 3.99. The molecule has 8 heteroatoms. The Morgan fingerprint density at radius 2 is 2.31 bits per heavy atom. The molecule has 0 amide bonds. The SMILES string of the molecule is C[n+]1cc[nH]c1.O=C1CCC(S(=O)(=O)[O-])O1. The predicted molar refractivity (Wildman–Crippen MR) is 50.8 cm³/mol. The van der Waals surface area contributed by atoms with E-state index in [0.717, 1.165) is 0 Å². The number of imidazole rings is 1. The number of hydrogen-bond donors (Lipinski definition) is 1. The van der Waals surface area contributed by atoms with Gasteiger partial charge in [0, 0.05) is 6.42 Å². The average Bonchev–Trinajstić information content (AvgIpc) is 2.76. The molecule has 0 saturated carbocycles. The molecule has 7 nitrogen and oxygen atoms in total. The van der Waals surface area contributed by atoms with E-state index in [4.69, 9.17) is 0 Å². The Morgan fingerprint density at radius 3 is 2.50 bits per heavy atom. The van der Waals surface area contributed by atoms with Crippen LogP contribution in [0.1, 0.15) is 12.8 Å². The normalized spacial score (nSPS) is 19.9. The third-order valence-electron chi connectivity index (χ3n) is 1.85. The minimum absolute atomic E-state index is 0.00926. The van der Waals surface area contributed by atoms with Crippen LogP contribution in [-0.2, 0) is 26.7 Å². The van der Waals surface area contributed by atoms with E-state index in [0.29, 0.717) is 0 Å². The van der Waals surface area contributed by atoms with E-state index in [2.05, 4.69) is 9.72 Å². The largest absolute Gasteiger partial charge is 0.745 e. The molecule has 1 atom stereocenters. The van der Waals surface area contributed by atoms with Crippen LogP contribution in [0.25, 0.3) is 0 Å². The van der Waals surface area contributed by atoms with Crippen LogP contribution < -0.4 is 4.57 Å². The number of cyclic esters (lactones) is 1. The topological polar surface area (TPSA) is 103 Å². The van der Waals surface area contributed by atoms with E-state index in [9.17, 15) is 17.8 Å². The number of nitrogens with zero attached hydrogens (tertiary/aromatic N) is 1. The van der Waals surface area contributed by atoms with Gasteiger partial charge in [-0.1, -0.05) is 0 Å². The number of ether oxygens (including phenoxy) is 1. The smallest absolute Gasteiger partial charge is 0.307 e. The molecule has 1 fully saturated rings. The van der Waals surface area contributed by atoms with Crippen molar-refractivity contribution >= 4 is 16.1 Å². The van der Waals surface area contributed by atoms with Gasteiger partial charge in [-0.2, -0.15) is 0 Å². The maximum absolute atomic E-state index is 10.3. The molecule has 16 heavy (non-hydrogen) atoms. The summed E-state index contributed by atoms with van der Waals surface area (Å²) >= 11 is 0. The molecule has 0 radical (unpaired) electrons. The van der Waals surface area contributed by atoms with Gasteiger partial charge in [0.25, 0.3) is 0 Å². The lowest BCUT2D eigenvalue weighted by atomic mass is 10.4. The molecule has 1 aromatic heterocycles. The predicted octanol–water partition coefficient (Wildman–Crippen LogP) is -0.966. The van der Waals surface area contributed by atoms with Gasteiger partial charge in [-0.3, -0.25) is 9.78 Å². The molecular formula is C8H12N2O5S. The molecule has 0 bridgehead atoms. The molecule has 2 heterocycles. The van der Waals surface area contributed by atoms with Gasteiger partial charge < -0.3 is 9.29 Å². The fourth-order valence-electron chi connectivity index (χ4n) is 1.07. The number of esters is 1. The zero-order valence-corrected chi connectivity index (χ0v) is 9.44. The minimum Gasteiger partial charge on any atom is -0.745 e. The summed E-state index contributed by atoms with van der Waals surface area (Å²) in [5, 5.41) is 0. The highest BCUT2D eigenvalue weighted by Crippen LogP contribution is 2.17. The van der Waals surface area contributed by atoms with Crippen molar-refractivity contribution in [2.45, 2.75) is 18.3 Å². The Bertz CT molecular complexity index is 439. The average molecular weight is 248 g/mol. The van der Waals surface area contributed by atoms with E-state index in [1.807, 2.05) is 30.3 Å². The van der Waals surface area contributed by atoms with Gasteiger partial charge in [0.15, 0.2) is 5.44 Å². The summed E-state index contributed by atoms with van der Waals surface area (Å²) in [5.74, 6) is -0.621. The molecule has 0 spiro atoms. The molecule has 1 N–H and O–H groups in total. The molecular weight excluding hydrogens is 236 g/mol. The van der Waals surface area contributed by atoms with Gasteiger partial charge in [0.1, 0.15) is 22.5 Å². The molecule has 2 rings (SSSR count). The zero-order chi connectivity index (χ0) is 12.2. The van der Waals surface area contributed by atoms with E-state index < -0.39 is 21.5 Å². The van der Waals surface area contributed by atoms with Gasteiger partial charge in [-0.05, 0) is 0 Å².